The molecule has 0 saturated heterocycles. The first-order valence-corrected chi connectivity index (χ1v) is 10.4. The quantitative estimate of drug-likeness (QED) is 0.372. The van der Waals surface area contributed by atoms with Crippen molar-refractivity contribution >= 4 is 56.4 Å². The summed E-state index contributed by atoms with van der Waals surface area (Å²) in [5, 5.41) is 13.2. The summed E-state index contributed by atoms with van der Waals surface area (Å²) < 4.78 is 1.05. The topological polar surface area (TPSA) is 66.6 Å². The highest BCUT2D eigenvalue weighted by atomic mass is 35.5. The van der Waals surface area contributed by atoms with Crippen LogP contribution in [0, 0.1) is 11.3 Å². The Bertz CT molecular complexity index is 1190. The van der Waals surface area contributed by atoms with Crippen molar-refractivity contribution in [2.24, 2.45) is 0 Å². The van der Waals surface area contributed by atoms with Crippen molar-refractivity contribution in [2.45, 2.75) is 5.92 Å². The predicted molar refractivity (Wildman–Crippen MR) is 115 cm³/mol. The number of ketones is 1. The second-order valence-corrected chi connectivity index (χ2v) is 8.28. The molecule has 0 bridgehead atoms. The van der Waals surface area contributed by atoms with Crippen molar-refractivity contribution in [1.82, 2.24) is 9.97 Å². The molecular formula is C21H12ClN3OS2. The van der Waals surface area contributed by atoms with Gasteiger partial charge in [0.1, 0.15) is 10.0 Å². The van der Waals surface area contributed by atoms with Gasteiger partial charge in [-0.05, 0) is 36.4 Å². The van der Waals surface area contributed by atoms with Crippen molar-refractivity contribution in [1.29, 1.82) is 5.26 Å². The van der Waals surface area contributed by atoms with E-state index in [9.17, 15) is 10.1 Å². The van der Waals surface area contributed by atoms with E-state index in [1.54, 1.807) is 18.2 Å². The minimum absolute atomic E-state index is 0.307. The van der Waals surface area contributed by atoms with Crippen LogP contribution in [0.2, 0.25) is 5.02 Å². The third-order valence-electron chi connectivity index (χ3n) is 4.02. The Labute approximate surface area is 174 Å². The molecule has 4 aromatic rings. The van der Waals surface area contributed by atoms with Crippen molar-refractivity contribution in [3.63, 3.8) is 0 Å². The Morgan fingerprint density at radius 1 is 1.14 bits per heavy atom. The van der Waals surface area contributed by atoms with Crippen LogP contribution >= 0.6 is 34.3 Å². The molecule has 136 valence electrons. The van der Waals surface area contributed by atoms with Gasteiger partial charge in [-0.15, -0.1) is 22.7 Å². The molecule has 1 unspecified atom stereocenters. The third-order valence-corrected chi connectivity index (χ3v) is 6.19. The van der Waals surface area contributed by atoms with Crippen LogP contribution in [0.4, 0.5) is 0 Å². The van der Waals surface area contributed by atoms with E-state index in [1.807, 2.05) is 41.8 Å². The zero-order valence-corrected chi connectivity index (χ0v) is 16.8. The molecule has 0 saturated carbocycles. The van der Waals surface area contributed by atoms with E-state index >= 15 is 0 Å². The maximum atomic E-state index is 12.6. The van der Waals surface area contributed by atoms with Crippen LogP contribution in [0.25, 0.3) is 27.6 Å². The van der Waals surface area contributed by atoms with Gasteiger partial charge in [-0.25, -0.2) is 9.97 Å². The standard InChI is InChI=1S/C21H12ClN3OS2/c22-14-7-5-13(6-8-14)17-12-27-21(25-17)15(11-23)18(26)9-10-20-24-16-3-1-2-4-19(16)28-20/h1-10,12,15H/b10-9+. The summed E-state index contributed by atoms with van der Waals surface area (Å²) in [7, 11) is 0. The molecule has 0 amide bonds. The first kappa shape index (κ1) is 18.5. The molecule has 4 nitrogen and oxygen atoms in total. The minimum Gasteiger partial charge on any atom is -0.293 e. The van der Waals surface area contributed by atoms with Gasteiger partial charge in [0, 0.05) is 16.0 Å². The number of aromatic nitrogens is 2. The van der Waals surface area contributed by atoms with E-state index in [2.05, 4.69) is 16.0 Å². The van der Waals surface area contributed by atoms with Gasteiger partial charge in [-0.2, -0.15) is 5.26 Å². The Kier molecular flexibility index (Phi) is 5.31. The van der Waals surface area contributed by atoms with Gasteiger partial charge in [-0.3, -0.25) is 4.79 Å². The molecule has 0 aliphatic carbocycles. The van der Waals surface area contributed by atoms with Gasteiger partial charge in [-0.1, -0.05) is 35.9 Å². The molecule has 7 heteroatoms. The van der Waals surface area contributed by atoms with Crippen LogP contribution in [0.1, 0.15) is 15.9 Å². The monoisotopic (exact) mass is 421 g/mol. The van der Waals surface area contributed by atoms with Gasteiger partial charge >= 0.3 is 0 Å². The summed E-state index contributed by atoms with van der Waals surface area (Å²) in [6.45, 7) is 0. The van der Waals surface area contributed by atoms with Gasteiger partial charge < -0.3 is 0 Å². The number of benzene rings is 2. The molecule has 0 N–H and O–H groups in total. The molecule has 0 spiro atoms. The molecule has 0 aliphatic rings. The molecule has 0 aliphatic heterocycles. The molecule has 2 aromatic heterocycles. The number of rotatable bonds is 5. The van der Waals surface area contributed by atoms with Crippen LogP contribution < -0.4 is 0 Å². The number of carbonyl (C=O) groups excluding carboxylic acids is 1. The molecule has 28 heavy (non-hydrogen) atoms. The number of nitrogens with zero attached hydrogens (tertiary/aromatic N) is 3. The summed E-state index contributed by atoms with van der Waals surface area (Å²) in [4.78, 5) is 21.5. The fourth-order valence-electron chi connectivity index (χ4n) is 2.62. The summed E-state index contributed by atoms with van der Waals surface area (Å²) >= 11 is 8.71. The lowest BCUT2D eigenvalue weighted by molar-refractivity contribution is -0.114. The summed E-state index contributed by atoms with van der Waals surface area (Å²) in [6.07, 6.45) is 3.07. The predicted octanol–water partition coefficient (Wildman–Crippen LogP) is 5.96. The number of carbonyl (C=O) groups is 1. The number of thiazole rings is 2. The molecule has 2 heterocycles. The number of halogens is 1. The summed E-state index contributed by atoms with van der Waals surface area (Å²) in [5.74, 6) is -1.24. The highest BCUT2D eigenvalue weighted by Crippen LogP contribution is 2.28. The van der Waals surface area contributed by atoms with Gasteiger partial charge in [0.25, 0.3) is 0 Å². The van der Waals surface area contributed by atoms with Gasteiger partial charge in [0.05, 0.1) is 22.0 Å². The lowest BCUT2D eigenvalue weighted by Gasteiger charge is -2.00. The summed E-state index contributed by atoms with van der Waals surface area (Å²) in [6, 6.07) is 17.1. The van der Waals surface area contributed by atoms with Crippen LogP contribution in [0.5, 0.6) is 0 Å². The lowest BCUT2D eigenvalue weighted by Crippen LogP contribution is -2.07. The highest BCUT2D eigenvalue weighted by molar-refractivity contribution is 7.19. The smallest absolute Gasteiger partial charge is 0.179 e. The van der Waals surface area contributed by atoms with E-state index in [1.165, 1.54) is 28.7 Å². The van der Waals surface area contributed by atoms with E-state index in [0.29, 0.717) is 10.0 Å². The lowest BCUT2D eigenvalue weighted by atomic mass is 10.1. The number of para-hydroxylation sites is 1. The van der Waals surface area contributed by atoms with E-state index < -0.39 is 5.92 Å². The fourth-order valence-corrected chi connectivity index (χ4v) is 4.50. The maximum absolute atomic E-state index is 12.6. The molecular weight excluding hydrogens is 410 g/mol. The Morgan fingerprint density at radius 2 is 1.93 bits per heavy atom. The second kappa shape index (κ2) is 8.03. The number of hydrogen-bond acceptors (Lipinski definition) is 6. The van der Waals surface area contributed by atoms with Crippen LogP contribution in [-0.4, -0.2) is 15.8 Å². The second-order valence-electron chi connectivity index (χ2n) is 5.90. The van der Waals surface area contributed by atoms with E-state index in [0.717, 1.165) is 26.5 Å². The molecule has 0 radical (unpaired) electrons. The van der Waals surface area contributed by atoms with Crippen molar-refractivity contribution < 1.29 is 4.79 Å². The maximum Gasteiger partial charge on any atom is 0.179 e. The molecule has 2 aromatic carbocycles. The molecule has 0 fully saturated rings. The molecule has 4 rings (SSSR count). The van der Waals surface area contributed by atoms with E-state index in [-0.39, 0.29) is 5.78 Å². The summed E-state index contributed by atoms with van der Waals surface area (Å²) in [5.41, 5.74) is 2.50. The highest BCUT2D eigenvalue weighted by Gasteiger charge is 2.22. The van der Waals surface area contributed by atoms with Gasteiger partial charge in [0.15, 0.2) is 11.7 Å². The van der Waals surface area contributed by atoms with Crippen molar-refractivity contribution in [3.8, 4) is 17.3 Å². The SMILES string of the molecule is N#CC(C(=O)/C=C/c1nc2ccccc2s1)c1nc(-c2ccc(Cl)cc2)cs1. The van der Waals surface area contributed by atoms with Crippen molar-refractivity contribution in [2.75, 3.05) is 0 Å². The zero-order valence-electron chi connectivity index (χ0n) is 14.4. The normalized spacial score (nSPS) is 12.3. The number of fused-ring (bicyclic) bond motifs is 1. The average molecular weight is 422 g/mol. The zero-order chi connectivity index (χ0) is 19.5. The first-order valence-electron chi connectivity index (χ1n) is 8.32. The first-order chi connectivity index (χ1) is 13.6. The van der Waals surface area contributed by atoms with Crippen LogP contribution in [-0.2, 0) is 4.79 Å². The Morgan fingerprint density at radius 3 is 2.68 bits per heavy atom. The Hall–Kier alpha value is -2.85. The van der Waals surface area contributed by atoms with Crippen LogP contribution in [0.3, 0.4) is 0 Å². The number of hydrogen-bond donors (Lipinski definition) is 0. The van der Waals surface area contributed by atoms with Crippen molar-refractivity contribution in [3.05, 3.63) is 75.0 Å². The molecule has 1 atom stereocenters. The minimum atomic E-state index is -0.934. The van der Waals surface area contributed by atoms with Gasteiger partial charge in [0.2, 0.25) is 0 Å². The largest absolute Gasteiger partial charge is 0.293 e. The third kappa shape index (κ3) is 3.87. The van der Waals surface area contributed by atoms with Crippen LogP contribution in [0.15, 0.2) is 60.0 Å². The average Bonchev–Trinajstić information content (AvgIpc) is 3.34. The number of nitriles is 1. The Balaban J connectivity index is 1.54. The van der Waals surface area contributed by atoms with E-state index in [4.69, 9.17) is 11.6 Å². The fraction of sp³-hybridized carbons (Fsp3) is 0.0476. The number of allylic oxidation sites excluding steroid dienone is 1.